The van der Waals surface area contributed by atoms with Crippen LogP contribution in [0.3, 0.4) is 0 Å². The van der Waals surface area contributed by atoms with Gasteiger partial charge in [0.05, 0.1) is 24.3 Å². The summed E-state index contributed by atoms with van der Waals surface area (Å²) in [5.74, 6) is 0.0000183. The predicted molar refractivity (Wildman–Crippen MR) is 95.2 cm³/mol. The van der Waals surface area contributed by atoms with Gasteiger partial charge in [-0.3, -0.25) is 0 Å². The molecular formula is C20H30O4. The Morgan fingerprint density at radius 3 is 1.75 bits per heavy atom. The summed E-state index contributed by atoms with van der Waals surface area (Å²) in [7, 11) is 0. The van der Waals surface area contributed by atoms with Crippen molar-refractivity contribution in [1.29, 1.82) is 0 Å². The molecule has 1 aromatic carbocycles. The predicted octanol–water partition coefficient (Wildman–Crippen LogP) is 4.51. The van der Waals surface area contributed by atoms with Gasteiger partial charge in [-0.15, -0.1) is 0 Å². The van der Waals surface area contributed by atoms with E-state index in [1.807, 2.05) is 33.8 Å². The fraction of sp³-hybridized carbons (Fsp3) is 0.600. The zero-order chi connectivity index (χ0) is 18.3. The first kappa shape index (κ1) is 20.2. The molecule has 0 saturated carbocycles. The zero-order valence-electron chi connectivity index (χ0n) is 15.7. The first-order valence-electron chi connectivity index (χ1n) is 8.67. The van der Waals surface area contributed by atoms with Gasteiger partial charge in [0.1, 0.15) is 0 Å². The van der Waals surface area contributed by atoms with Gasteiger partial charge in [0.2, 0.25) is 0 Å². The van der Waals surface area contributed by atoms with Crippen LogP contribution in [0.1, 0.15) is 67.8 Å². The molecule has 0 atom stereocenters. The van der Waals surface area contributed by atoms with Crippen LogP contribution in [0.25, 0.3) is 0 Å². The highest BCUT2D eigenvalue weighted by atomic mass is 16.5. The molecule has 4 heteroatoms. The molecule has 134 valence electrons. The maximum atomic E-state index is 12.4. The van der Waals surface area contributed by atoms with E-state index in [0.717, 1.165) is 12.0 Å². The first-order valence-corrected chi connectivity index (χ1v) is 8.67. The van der Waals surface area contributed by atoms with Crippen LogP contribution in [0.4, 0.5) is 0 Å². The van der Waals surface area contributed by atoms with E-state index in [2.05, 4.69) is 13.8 Å². The van der Waals surface area contributed by atoms with Crippen LogP contribution < -0.4 is 0 Å². The van der Waals surface area contributed by atoms with E-state index in [9.17, 15) is 9.59 Å². The summed E-state index contributed by atoms with van der Waals surface area (Å²) in [4.78, 5) is 24.7. The summed E-state index contributed by atoms with van der Waals surface area (Å²) in [6.45, 7) is 12.8. The Labute approximate surface area is 145 Å². The lowest BCUT2D eigenvalue weighted by atomic mass is 9.98. The maximum absolute atomic E-state index is 12.4. The average Bonchev–Trinajstić information content (AvgIpc) is 2.49. The SMILES string of the molecule is CC(C)COC(=O)c1ccc(CC(C)C)cc1C(=O)OCC(C)C. The van der Waals surface area contributed by atoms with Crippen molar-refractivity contribution in [2.24, 2.45) is 17.8 Å². The van der Waals surface area contributed by atoms with E-state index in [4.69, 9.17) is 9.47 Å². The Bertz CT molecular complexity index is 559. The van der Waals surface area contributed by atoms with Gasteiger partial charge >= 0.3 is 11.9 Å². The molecule has 0 N–H and O–H groups in total. The molecule has 0 spiro atoms. The van der Waals surface area contributed by atoms with Crippen molar-refractivity contribution < 1.29 is 19.1 Å². The van der Waals surface area contributed by atoms with Crippen LogP contribution >= 0.6 is 0 Å². The molecule has 24 heavy (non-hydrogen) atoms. The maximum Gasteiger partial charge on any atom is 0.339 e. The number of rotatable bonds is 8. The number of hydrogen-bond donors (Lipinski definition) is 0. The summed E-state index contributed by atoms with van der Waals surface area (Å²) in [6.07, 6.45) is 0.839. The van der Waals surface area contributed by atoms with Gasteiger partial charge in [0.25, 0.3) is 0 Å². The third kappa shape index (κ3) is 6.73. The molecule has 1 rings (SSSR count). The third-order valence-corrected chi connectivity index (χ3v) is 3.26. The Hall–Kier alpha value is -1.84. The summed E-state index contributed by atoms with van der Waals surface area (Å²) < 4.78 is 10.6. The minimum Gasteiger partial charge on any atom is -0.462 e. The van der Waals surface area contributed by atoms with Gasteiger partial charge in [0, 0.05) is 0 Å². The Morgan fingerprint density at radius 1 is 0.792 bits per heavy atom. The van der Waals surface area contributed by atoms with Crippen LogP contribution in [-0.4, -0.2) is 25.2 Å². The van der Waals surface area contributed by atoms with Crippen LogP contribution in [0.2, 0.25) is 0 Å². The molecule has 0 amide bonds. The standard InChI is InChI=1S/C20H30O4/c1-13(2)9-16-7-8-17(19(21)23-11-14(3)4)18(10-16)20(22)24-12-15(5)6/h7-8,10,13-15H,9,11-12H2,1-6H3. The van der Waals surface area contributed by atoms with Crippen molar-refractivity contribution in [3.05, 3.63) is 34.9 Å². The molecule has 0 unspecified atom stereocenters. The molecule has 0 aliphatic heterocycles. The van der Waals surface area contributed by atoms with E-state index in [-0.39, 0.29) is 17.4 Å². The summed E-state index contributed by atoms with van der Waals surface area (Å²) in [5, 5.41) is 0. The monoisotopic (exact) mass is 334 g/mol. The number of benzene rings is 1. The quantitative estimate of drug-likeness (QED) is 0.656. The second-order valence-corrected chi connectivity index (χ2v) is 7.46. The van der Waals surface area contributed by atoms with Gasteiger partial charge in [-0.2, -0.15) is 0 Å². The van der Waals surface area contributed by atoms with E-state index < -0.39 is 11.9 Å². The van der Waals surface area contributed by atoms with Crippen LogP contribution in [0.5, 0.6) is 0 Å². The molecule has 1 aromatic rings. The molecule has 4 nitrogen and oxygen atoms in total. The molecule has 0 aliphatic rings. The second kappa shape index (κ2) is 9.45. The Morgan fingerprint density at radius 2 is 1.29 bits per heavy atom. The highest BCUT2D eigenvalue weighted by Crippen LogP contribution is 2.18. The fourth-order valence-corrected chi connectivity index (χ4v) is 2.18. The van der Waals surface area contributed by atoms with Crippen LogP contribution in [0.15, 0.2) is 18.2 Å². The van der Waals surface area contributed by atoms with Gasteiger partial charge in [-0.05, 0) is 41.9 Å². The highest BCUT2D eigenvalue weighted by molar-refractivity contribution is 6.03. The largest absolute Gasteiger partial charge is 0.462 e. The number of carbonyl (C=O) groups excluding carboxylic acids is 2. The normalized spacial score (nSPS) is 11.2. The minimum absolute atomic E-state index is 0.240. The summed E-state index contributed by atoms with van der Waals surface area (Å²) in [6, 6.07) is 5.31. The lowest BCUT2D eigenvalue weighted by Gasteiger charge is -2.14. The molecule has 0 fully saturated rings. The summed E-state index contributed by atoms with van der Waals surface area (Å²) >= 11 is 0. The van der Waals surface area contributed by atoms with E-state index in [1.165, 1.54) is 0 Å². The smallest absolute Gasteiger partial charge is 0.339 e. The Kier molecular flexibility index (Phi) is 7.96. The molecule has 0 heterocycles. The van der Waals surface area contributed by atoms with Gasteiger partial charge < -0.3 is 9.47 Å². The van der Waals surface area contributed by atoms with E-state index in [0.29, 0.717) is 24.7 Å². The molecular weight excluding hydrogens is 304 g/mol. The van der Waals surface area contributed by atoms with E-state index in [1.54, 1.807) is 12.1 Å². The first-order chi connectivity index (χ1) is 11.2. The van der Waals surface area contributed by atoms with E-state index >= 15 is 0 Å². The van der Waals surface area contributed by atoms with Crippen molar-refractivity contribution in [1.82, 2.24) is 0 Å². The van der Waals surface area contributed by atoms with Crippen molar-refractivity contribution in [3.8, 4) is 0 Å². The zero-order valence-corrected chi connectivity index (χ0v) is 15.7. The number of esters is 2. The van der Waals surface area contributed by atoms with Crippen molar-refractivity contribution in [3.63, 3.8) is 0 Å². The molecule has 0 saturated heterocycles. The highest BCUT2D eigenvalue weighted by Gasteiger charge is 2.21. The lowest BCUT2D eigenvalue weighted by Crippen LogP contribution is -2.18. The molecule has 0 aliphatic carbocycles. The fourth-order valence-electron chi connectivity index (χ4n) is 2.18. The number of hydrogen-bond acceptors (Lipinski definition) is 4. The lowest BCUT2D eigenvalue weighted by molar-refractivity contribution is 0.0412. The minimum atomic E-state index is -0.476. The second-order valence-electron chi connectivity index (χ2n) is 7.46. The third-order valence-electron chi connectivity index (χ3n) is 3.26. The average molecular weight is 334 g/mol. The van der Waals surface area contributed by atoms with Gasteiger partial charge in [0.15, 0.2) is 0 Å². The molecule has 0 radical (unpaired) electrons. The Balaban J connectivity index is 3.07. The van der Waals surface area contributed by atoms with Crippen molar-refractivity contribution >= 4 is 11.9 Å². The summed E-state index contributed by atoms with van der Waals surface area (Å²) in [5.41, 5.74) is 1.58. The van der Waals surface area contributed by atoms with Crippen molar-refractivity contribution in [2.75, 3.05) is 13.2 Å². The molecule has 0 bridgehead atoms. The van der Waals surface area contributed by atoms with Crippen LogP contribution in [0, 0.1) is 17.8 Å². The van der Waals surface area contributed by atoms with Crippen molar-refractivity contribution in [2.45, 2.75) is 48.0 Å². The molecule has 0 aromatic heterocycles. The van der Waals surface area contributed by atoms with Gasteiger partial charge in [-0.25, -0.2) is 9.59 Å². The number of carbonyl (C=O) groups is 2. The number of ether oxygens (including phenoxy) is 2. The van der Waals surface area contributed by atoms with Gasteiger partial charge in [-0.1, -0.05) is 47.6 Å². The topological polar surface area (TPSA) is 52.6 Å². The van der Waals surface area contributed by atoms with Crippen LogP contribution in [-0.2, 0) is 15.9 Å².